The predicted octanol–water partition coefficient (Wildman–Crippen LogP) is 1.93. The molecule has 0 aromatic rings. The van der Waals surface area contributed by atoms with Crippen LogP contribution in [0.5, 0.6) is 0 Å². The highest BCUT2D eigenvalue weighted by Gasteiger charge is 1.94. The first kappa shape index (κ1) is 15.3. The molecule has 0 aromatic heterocycles. The molecule has 0 N–H and O–H groups in total. The Bertz CT molecular complexity index is 187. The van der Waals surface area contributed by atoms with E-state index in [9.17, 15) is 0 Å². The molecule has 1 aliphatic rings. The number of hydrogen-bond donors (Lipinski definition) is 0. The molecule has 0 saturated carbocycles. The van der Waals surface area contributed by atoms with Gasteiger partial charge in [0.15, 0.2) is 0 Å². The highest BCUT2D eigenvalue weighted by Crippen LogP contribution is 1.98. The van der Waals surface area contributed by atoms with E-state index in [1.54, 1.807) is 0 Å². The summed E-state index contributed by atoms with van der Waals surface area (Å²) in [4.78, 5) is 9.99. The van der Waals surface area contributed by atoms with E-state index >= 15 is 0 Å². The van der Waals surface area contributed by atoms with Crippen LogP contribution >= 0.6 is 0 Å². The van der Waals surface area contributed by atoms with Gasteiger partial charge in [0, 0.05) is 19.8 Å². The van der Waals surface area contributed by atoms with Gasteiger partial charge in [-0.3, -0.25) is 0 Å². The third kappa shape index (κ3) is 13.3. The SMILES string of the molecule is C1CCOC1.CCN=C=NCCCN(C)C. The van der Waals surface area contributed by atoms with E-state index in [-0.39, 0.29) is 0 Å². The van der Waals surface area contributed by atoms with Gasteiger partial charge in [0.05, 0.1) is 12.6 Å². The maximum atomic E-state index is 4.94. The van der Waals surface area contributed by atoms with Crippen molar-refractivity contribution in [2.24, 2.45) is 9.98 Å². The van der Waals surface area contributed by atoms with Crippen LogP contribution in [0.15, 0.2) is 9.98 Å². The van der Waals surface area contributed by atoms with Crippen LogP contribution in [0, 0.1) is 0 Å². The molecule has 0 atom stereocenters. The molecule has 4 nitrogen and oxygen atoms in total. The van der Waals surface area contributed by atoms with Gasteiger partial charge in [-0.15, -0.1) is 0 Å². The quantitative estimate of drug-likeness (QED) is 0.531. The summed E-state index contributed by atoms with van der Waals surface area (Å²) in [6.07, 6.45) is 3.64. The highest BCUT2D eigenvalue weighted by atomic mass is 16.5. The molecule has 0 unspecified atom stereocenters. The second-order valence-electron chi connectivity index (χ2n) is 3.93. The Labute approximate surface area is 99.4 Å². The zero-order chi connectivity index (χ0) is 12.1. The summed E-state index contributed by atoms with van der Waals surface area (Å²) in [6, 6.07) is 2.64. The highest BCUT2D eigenvalue weighted by molar-refractivity contribution is 5.40. The van der Waals surface area contributed by atoms with Crippen LogP contribution in [0.1, 0.15) is 26.2 Å². The zero-order valence-corrected chi connectivity index (χ0v) is 10.9. The molecule has 1 rings (SSSR count). The van der Waals surface area contributed by atoms with Crippen LogP contribution in [0.2, 0.25) is 0 Å². The molecular formula is C12H25N3O. The van der Waals surface area contributed by atoms with E-state index in [1.165, 1.54) is 12.8 Å². The molecule has 0 bridgehead atoms. The standard InChI is InChI=1S/C8H17N3.C4H8O/c1-4-9-8-10-6-5-7-11(2)3;1-2-4-5-3-1/h4-7H2,1-3H3;1-4H2. The van der Waals surface area contributed by atoms with Crippen molar-refractivity contribution < 1.29 is 4.74 Å². The summed E-state index contributed by atoms with van der Waals surface area (Å²) in [5.74, 6) is 0. The van der Waals surface area contributed by atoms with E-state index in [0.717, 1.165) is 39.3 Å². The summed E-state index contributed by atoms with van der Waals surface area (Å²) in [6.45, 7) is 6.67. The summed E-state index contributed by atoms with van der Waals surface area (Å²) < 4.78 is 4.94. The lowest BCUT2D eigenvalue weighted by Gasteiger charge is -2.05. The molecule has 1 saturated heterocycles. The number of hydrogen-bond acceptors (Lipinski definition) is 4. The van der Waals surface area contributed by atoms with Crippen molar-refractivity contribution >= 4 is 6.01 Å². The lowest BCUT2D eigenvalue weighted by atomic mass is 10.4. The van der Waals surface area contributed by atoms with E-state index in [1.807, 2.05) is 6.92 Å². The Balaban J connectivity index is 0.000000368. The smallest absolute Gasteiger partial charge is 0.0892 e. The maximum Gasteiger partial charge on any atom is 0.0892 e. The number of rotatable bonds is 5. The van der Waals surface area contributed by atoms with Gasteiger partial charge in [0.25, 0.3) is 0 Å². The Kier molecular flexibility index (Phi) is 11.8. The Hall–Kier alpha value is -0.700. The number of nitrogens with zero attached hydrogens (tertiary/aromatic N) is 3. The predicted molar refractivity (Wildman–Crippen MR) is 68.5 cm³/mol. The van der Waals surface area contributed by atoms with E-state index in [2.05, 4.69) is 35.0 Å². The molecule has 0 spiro atoms. The summed E-state index contributed by atoms with van der Waals surface area (Å²) in [7, 11) is 4.12. The van der Waals surface area contributed by atoms with E-state index in [4.69, 9.17) is 4.74 Å². The largest absolute Gasteiger partial charge is 0.381 e. The van der Waals surface area contributed by atoms with Gasteiger partial charge in [0.1, 0.15) is 0 Å². The first-order valence-corrected chi connectivity index (χ1v) is 6.07. The molecule has 0 aliphatic carbocycles. The summed E-state index contributed by atoms with van der Waals surface area (Å²) in [5.41, 5.74) is 0. The second kappa shape index (κ2) is 12.4. The molecule has 4 heteroatoms. The maximum absolute atomic E-state index is 4.94. The lowest BCUT2D eigenvalue weighted by Crippen LogP contribution is -2.13. The molecule has 1 heterocycles. The number of ether oxygens (including phenoxy) is 1. The minimum Gasteiger partial charge on any atom is -0.381 e. The van der Waals surface area contributed by atoms with Gasteiger partial charge in [-0.1, -0.05) is 0 Å². The zero-order valence-electron chi connectivity index (χ0n) is 10.9. The molecular weight excluding hydrogens is 202 g/mol. The first-order chi connectivity index (χ1) is 7.77. The van der Waals surface area contributed by atoms with Gasteiger partial charge in [-0.2, -0.15) is 0 Å². The van der Waals surface area contributed by atoms with Crippen LogP contribution in [0.3, 0.4) is 0 Å². The van der Waals surface area contributed by atoms with E-state index < -0.39 is 0 Å². The van der Waals surface area contributed by atoms with Crippen molar-refractivity contribution in [2.45, 2.75) is 26.2 Å². The normalized spacial score (nSPS) is 14.0. The van der Waals surface area contributed by atoms with Gasteiger partial charge in [0.2, 0.25) is 0 Å². The fourth-order valence-corrected chi connectivity index (χ4v) is 1.15. The van der Waals surface area contributed by atoms with Gasteiger partial charge in [-0.25, -0.2) is 9.98 Å². The van der Waals surface area contributed by atoms with Gasteiger partial charge in [-0.05, 0) is 46.8 Å². The fourth-order valence-electron chi connectivity index (χ4n) is 1.15. The topological polar surface area (TPSA) is 37.2 Å². The van der Waals surface area contributed by atoms with Crippen LogP contribution in [-0.4, -0.2) is 57.9 Å². The molecule has 0 aromatic carbocycles. The minimum atomic E-state index is 0.775. The van der Waals surface area contributed by atoms with Crippen LogP contribution in [0.4, 0.5) is 0 Å². The van der Waals surface area contributed by atoms with E-state index in [0.29, 0.717) is 0 Å². The molecule has 94 valence electrons. The first-order valence-electron chi connectivity index (χ1n) is 6.07. The average Bonchev–Trinajstić information content (AvgIpc) is 2.81. The summed E-state index contributed by atoms with van der Waals surface area (Å²) in [5, 5.41) is 0. The third-order valence-corrected chi connectivity index (χ3v) is 2.00. The monoisotopic (exact) mass is 227 g/mol. The van der Waals surface area contributed by atoms with Crippen molar-refractivity contribution in [3.63, 3.8) is 0 Å². The number of aliphatic imine (C=N–C) groups is 2. The second-order valence-corrected chi connectivity index (χ2v) is 3.93. The average molecular weight is 227 g/mol. The minimum absolute atomic E-state index is 0.775. The van der Waals surface area contributed by atoms with Gasteiger partial charge < -0.3 is 9.64 Å². The summed E-state index contributed by atoms with van der Waals surface area (Å²) >= 11 is 0. The lowest BCUT2D eigenvalue weighted by molar-refractivity contribution is 0.198. The third-order valence-electron chi connectivity index (χ3n) is 2.00. The Morgan fingerprint density at radius 2 is 1.88 bits per heavy atom. The Morgan fingerprint density at radius 3 is 2.31 bits per heavy atom. The molecule has 0 amide bonds. The Morgan fingerprint density at radius 1 is 1.19 bits per heavy atom. The molecule has 16 heavy (non-hydrogen) atoms. The fraction of sp³-hybridized carbons (Fsp3) is 0.917. The van der Waals surface area contributed by atoms with Crippen LogP contribution in [-0.2, 0) is 4.74 Å². The molecule has 1 aliphatic heterocycles. The van der Waals surface area contributed by atoms with Crippen molar-refractivity contribution in [2.75, 3.05) is 46.9 Å². The van der Waals surface area contributed by atoms with Crippen molar-refractivity contribution in [3.05, 3.63) is 0 Å². The van der Waals surface area contributed by atoms with Gasteiger partial charge >= 0.3 is 0 Å². The van der Waals surface area contributed by atoms with Crippen molar-refractivity contribution in [3.8, 4) is 0 Å². The van der Waals surface area contributed by atoms with Crippen LogP contribution < -0.4 is 0 Å². The van der Waals surface area contributed by atoms with Crippen molar-refractivity contribution in [1.82, 2.24) is 4.90 Å². The van der Waals surface area contributed by atoms with Crippen molar-refractivity contribution in [1.29, 1.82) is 0 Å². The molecule has 0 radical (unpaired) electrons. The van der Waals surface area contributed by atoms with Crippen LogP contribution in [0.25, 0.3) is 0 Å². The molecule has 1 fully saturated rings.